The zero-order chi connectivity index (χ0) is 38.3. The Kier molecular flexibility index (Phi) is 29.1. The van der Waals surface area contributed by atoms with Crippen molar-refractivity contribution in [3.05, 3.63) is 0 Å². The van der Waals surface area contributed by atoms with Gasteiger partial charge in [-0.15, -0.1) is 0 Å². The number of likely N-dealkylation sites (N-methyl/N-ethyl adjacent to an activating group) is 1. The number of Topliss-reactive ketones (excluding diaryl/α,β-unsaturated/α-hetero) is 2. The average Bonchev–Trinajstić information content (AvgIpc) is 3.09. The fourth-order valence-corrected chi connectivity index (χ4v) is 4.79. The first-order chi connectivity index (χ1) is 24.4. The lowest BCUT2D eigenvalue weighted by molar-refractivity contribution is -0.124. The minimum absolute atomic E-state index is 0.0370. The predicted molar refractivity (Wildman–Crippen MR) is 196 cm³/mol. The van der Waals surface area contributed by atoms with Crippen LogP contribution < -0.4 is 54.0 Å². The Hall–Kier alpha value is -3.51. The van der Waals surface area contributed by atoms with Crippen LogP contribution in [-0.4, -0.2) is 113 Å². The molecule has 5 amide bonds. The first-order valence-electron chi connectivity index (χ1n) is 18.3. The summed E-state index contributed by atoms with van der Waals surface area (Å²) in [4.78, 5) is 82.4. The number of hydrogen-bond acceptors (Lipinski definition) is 12. The maximum Gasteiger partial charge on any atom is 0.237 e. The zero-order valence-electron chi connectivity index (χ0n) is 31.1. The highest BCUT2D eigenvalue weighted by molar-refractivity contribution is 5.83. The molecule has 0 fully saturated rings. The van der Waals surface area contributed by atoms with Gasteiger partial charge in [0.05, 0.1) is 45.6 Å². The molecule has 12 N–H and O–H groups in total. The summed E-state index contributed by atoms with van der Waals surface area (Å²) < 4.78 is 0. The molecule has 0 aliphatic carbocycles. The van der Waals surface area contributed by atoms with Gasteiger partial charge in [-0.2, -0.15) is 0 Å². The predicted octanol–water partition coefficient (Wildman–Crippen LogP) is -1.74. The van der Waals surface area contributed by atoms with Gasteiger partial charge >= 0.3 is 0 Å². The Bertz CT molecular complexity index is 1050. The molecule has 0 aliphatic rings. The second-order valence-electron chi connectivity index (χ2n) is 12.9. The van der Waals surface area contributed by atoms with E-state index >= 15 is 0 Å². The molecule has 0 heterocycles. The van der Waals surface area contributed by atoms with Crippen molar-refractivity contribution in [1.82, 2.24) is 42.5 Å². The van der Waals surface area contributed by atoms with Crippen molar-refractivity contribution < 1.29 is 33.6 Å². The van der Waals surface area contributed by atoms with Crippen molar-refractivity contribution in [3.8, 4) is 0 Å². The van der Waals surface area contributed by atoms with E-state index in [0.29, 0.717) is 38.9 Å². The number of carbonyl (C=O) groups excluding carboxylic acids is 7. The molecule has 3 atom stereocenters. The summed E-state index contributed by atoms with van der Waals surface area (Å²) >= 11 is 0. The van der Waals surface area contributed by atoms with E-state index < -0.39 is 0 Å². The van der Waals surface area contributed by atoms with Gasteiger partial charge in [0.15, 0.2) is 11.6 Å². The number of ketones is 2. The van der Waals surface area contributed by atoms with E-state index in [4.69, 9.17) is 11.5 Å². The largest absolute Gasteiger partial charge is 0.369 e. The van der Waals surface area contributed by atoms with Crippen molar-refractivity contribution in [2.75, 3.05) is 66.2 Å². The molecular formula is C34H66N10O7. The third-order valence-electron chi connectivity index (χ3n) is 8.25. The maximum absolute atomic E-state index is 12.4. The smallest absolute Gasteiger partial charge is 0.237 e. The molecular weight excluding hydrogens is 660 g/mol. The van der Waals surface area contributed by atoms with E-state index in [0.717, 1.165) is 44.9 Å². The number of hydrogen-bond donors (Lipinski definition) is 10. The monoisotopic (exact) mass is 727 g/mol. The normalized spacial score (nSPS) is 12.8. The molecule has 0 radical (unpaired) electrons. The molecule has 0 bridgehead atoms. The van der Waals surface area contributed by atoms with Crippen LogP contribution in [0, 0.1) is 11.8 Å². The maximum atomic E-state index is 12.4. The van der Waals surface area contributed by atoms with Crippen molar-refractivity contribution in [2.24, 2.45) is 23.3 Å². The molecule has 0 aromatic heterocycles. The summed E-state index contributed by atoms with van der Waals surface area (Å²) in [6.07, 6.45) is 7.72. The summed E-state index contributed by atoms with van der Waals surface area (Å²) in [7, 11) is 1.75. The van der Waals surface area contributed by atoms with Crippen LogP contribution >= 0.6 is 0 Å². The quantitative estimate of drug-likeness (QED) is 0.0258. The number of unbranched alkanes of at least 4 members (excludes halogenated alkanes) is 3. The Morgan fingerprint density at radius 3 is 1.35 bits per heavy atom. The highest BCUT2D eigenvalue weighted by atomic mass is 16.2. The fourth-order valence-electron chi connectivity index (χ4n) is 4.79. The molecule has 0 unspecified atom stereocenters. The number of amides is 5. The summed E-state index contributed by atoms with van der Waals surface area (Å²) in [6, 6.07) is -0.291. The van der Waals surface area contributed by atoms with Gasteiger partial charge in [0.2, 0.25) is 29.5 Å². The number of nitrogens with two attached hydrogens (primary N) is 2. The fraction of sp³-hybridized carbons (Fsp3) is 0.794. The summed E-state index contributed by atoms with van der Waals surface area (Å²) in [5.74, 6) is -1.51. The second kappa shape index (κ2) is 31.2. The minimum atomic E-state index is -0.304. The van der Waals surface area contributed by atoms with Crippen molar-refractivity contribution in [3.63, 3.8) is 0 Å². The van der Waals surface area contributed by atoms with E-state index in [2.05, 4.69) is 42.5 Å². The minimum Gasteiger partial charge on any atom is -0.369 e. The lowest BCUT2D eigenvalue weighted by atomic mass is 10.0. The molecule has 0 aromatic carbocycles. The van der Waals surface area contributed by atoms with Crippen molar-refractivity contribution in [2.45, 2.75) is 96.9 Å². The van der Waals surface area contributed by atoms with E-state index in [1.54, 1.807) is 20.9 Å². The number of primary amides is 2. The number of carbonyl (C=O) groups is 7. The number of nitrogens with one attached hydrogen (secondary N) is 8. The Labute approximate surface area is 303 Å². The van der Waals surface area contributed by atoms with Gasteiger partial charge in [0.1, 0.15) is 0 Å². The molecule has 17 nitrogen and oxygen atoms in total. The van der Waals surface area contributed by atoms with E-state index in [1.165, 1.54) is 0 Å². The van der Waals surface area contributed by atoms with Crippen LogP contribution in [0.15, 0.2) is 0 Å². The Morgan fingerprint density at radius 1 is 0.510 bits per heavy atom. The Morgan fingerprint density at radius 2 is 0.922 bits per heavy atom. The van der Waals surface area contributed by atoms with Crippen LogP contribution in [-0.2, 0) is 33.6 Å². The molecule has 0 spiro atoms. The van der Waals surface area contributed by atoms with Crippen LogP contribution in [0.2, 0.25) is 0 Å². The standard InChI is InChI=1S/C34H66N10O7/c1-25(32(35)49)11-4-7-16-38-19-27(45)21-40-23-43-30(47)14-10-15-31(48)44-24-41-22-28(46)20-39-17-8-6-13-29(37-3)34(51)42-18-9-5-12-26(2)33(36)50/h25-26,29,37-41H,4-24H2,1-3H3,(H2,35,49)(H2,36,50)(H,42,51)(H,43,47)(H,44,48)/t25-,26+,29+/m0/s1. The summed E-state index contributed by atoms with van der Waals surface area (Å²) in [5.41, 5.74) is 10.5. The molecule has 17 heteroatoms. The zero-order valence-corrected chi connectivity index (χ0v) is 31.1. The molecule has 0 aromatic rings. The highest BCUT2D eigenvalue weighted by Gasteiger charge is 2.15. The van der Waals surface area contributed by atoms with Gasteiger partial charge in [-0.1, -0.05) is 33.1 Å². The van der Waals surface area contributed by atoms with Gasteiger partial charge in [-0.3, -0.25) is 44.2 Å². The first kappa shape index (κ1) is 47.5. The molecule has 0 rings (SSSR count). The highest BCUT2D eigenvalue weighted by Crippen LogP contribution is 2.07. The van der Waals surface area contributed by atoms with Crippen LogP contribution in [0.1, 0.15) is 90.9 Å². The molecule has 0 saturated heterocycles. The number of rotatable bonds is 35. The van der Waals surface area contributed by atoms with Crippen LogP contribution in [0.3, 0.4) is 0 Å². The summed E-state index contributed by atoms with van der Waals surface area (Å²) in [6.45, 7) is 6.37. The average molecular weight is 727 g/mol. The Balaban J connectivity index is 3.71. The van der Waals surface area contributed by atoms with Crippen LogP contribution in [0.25, 0.3) is 0 Å². The van der Waals surface area contributed by atoms with E-state index in [1.807, 2.05) is 0 Å². The van der Waals surface area contributed by atoms with Gasteiger partial charge in [0, 0.05) is 31.2 Å². The van der Waals surface area contributed by atoms with Gasteiger partial charge in [-0.05, 0) is 65.1 Å². The molecule has 51 heavy (non-hydrogen) atoms. The molecule has 0 aliphatic heterocycles. The first-order valence-corrected chi connectivity index (χ1v) is 18.3. The second-order valence-corrected chi connectivity index (χ2v) is 12.9. The van der Waals surface area contributed by atoms with E-state index in [9.17, 15) is 33.6 Å². The third-order valence-corrected chi connectivity index (χ3v) is 8.25. The van der Waals surface area contributed by atoms with Crippen molar-refractivity contribution >= 4 is 41.1 Å². The van der Waals surface area contributed by atoms with Gasteiger partial charge < -0.3 is 43.4 Å². The lowest BCUT2D eigenvalue weighted by Gasteiger charge is -2.16. The lowest BCUT2D eigenvalue weighted by Crippen LogP contribution is -2.43. The van der Waals surface area contributed by atoms with Crippen LogP contribution in [0.5, 0.6) is 0 Å². The third kappa shape index (κ3) is 28.8. The van der Waals surface area contributed by atoms with Crippen molar-refractivity contribution in [1.29, 1.82) is 0 Å². The van der Waals surface area contributed by atoms with Crippen LogP contribution in [0.4, 0.5) is 0 Å². The SMILES string of the molecule is CN[C@H](CCCCNCC(=O)CNCNC(=O)CCCC(=O)NCNCC(=O)CNCCCC[C@H](C)C(N)=O)C(=O)NCCCC[C@@H](C)C(N)=O. The topological polar surface area (TPSA) is 268 Å². The van der Waals surface area contributed by atoms with Gasteiger partial charge in [0.25, 0.3) is 0 Å². The molecule has 0 saturated carbocycles. The molecule has 294 valence electrons. The van der Waals surface area contributed by atoms with E-state index in [-0.39, 0.29) is 111 Å². The summed E-state index contributed by atoms with van der Waals surface area (Å²) in [5, 5.41) is 23.2. The van der Waals surface area contributed by atoms with Gasteiger partial charge in [-0.25, -0.2) is 0 Å².